The van der Waals surface area contributed by atoms with E-state index in [0.29, 0.717) is 11.1 Å². The molecule has 3 aromatic rings. The van der Waals surface area contributed by atoms with Gasteiger partial charge in [0.05, 0.1) is 30.3 Å². The molecule has 0 bridgehead atoms. The van der Waals surface area contributed by atoms with Gasteiger partial charge in [-0.15, -0.1) is 0 Å². The molecule has 0 unspecified atom stereocenters. The highest BCUT2D eigenvalue weighted by atomic mass is 19.4. The molecule has 0 saturated carbocycles. The lowest BCUT2D eigenvalue weighted by atomic mass is 9.67. The van der Waals surface area contributed by atoms with Crippen molar-refractivity contribution < 1.29 is 41.4 Å². The van der Waals surface area contributed by atoms with Crippen LogP contribution in [-0.4, -0.2) is 30.9 Å². The van der Waals surface area contributed by atoms with Gasteiger partial charge in [0.2, 0.25) is 0 Å². The van der Waals surface area contributed by atoms with E-state index in [-0.39, 0.29) is 48.0 Å². The average Bonchev–Trinajstić information content (AvgIpc) is 3.01. The molecule has 234 valence electrons. The molecular weight excluding hydrogens is 592 g/mol. The molecule has 1 heterocycles. The number of hydrogen-bond acceptors (Lipinski definition) is 7. The summed E-state index contributed by atoms with van der Waals surface area (Å²) in [5.41, 5.74) is 7.08. The van der Waals surface area contributed by atoms with E-state index in [1.807, 2.05) is 0 Å². The summed E-state index contributed by atoms with van der Waals surface area (Å²) in [6.45, 7) is 3.16. The van der Waals surface area contributed by atoms with Crippen LogP contribution in [0.1, 0.15) is 48.8 Å². The molecule has 2 N–H and O–H groups in total. The first-order valence-electron chi connectivity index (χ1n) is 14.4. The SMILES string of the molecule is CCOC(=O)C1=C(N)N(c2ccc(C(F)(F)F)cc2)C2=C(C(=O)[C@H](C(=O)OCC)[C@@H](c3ccccc3)C2)[C@H]1c1ccc(F)cc1. The molecule has 0 saturated heterocycles. The van der Waals surface area contributed by atoms with Gasteiger partial charge in [0.1, 0.15) is 17.6 Å². The van der Waals surface area contributed by atoms with Gasteiger partial charge in [0.25, 0.3) is 0 Å². The highest BCUT2D eigenvalue weighted by Crippen LogP contribution is 2.51. The second-order valence-corrected chi connectivity index (χ2v) is 10.6. The van der Waals surface area contributed by atoms with Crippen LogP contribution in [0.2, 0.25) is 0 Å². The van der Waals surface area contributed by atoms with Gasteiger partial charge >= 0.3 is 18.1 Å². The van der Waals surface area contributed by atoms with Crippen molar-refractivity contribution in [2.45, 2.75) is 38.3 Å². The quantitative estimate of drug-likeness (QED) is 0.186. The van der Waals surface area contributed by atoms with Crippen LogP contribution >= 0.6 is 0 Å². The third-order valence-corrected chi connectivity index (χ3v) is 7.96. The minimum absolute atomic E-state index is 0.00994. The lowest BCUT2D eigenvalue weighted by Gasteiger charge is -2.44. The van der Waals surface area contributed by atoms with Gasteiger partial charge in [-0.2, -0.15) is 13.2 Å². The molecule has 0 spiro atoms. The monoisotopic (exact) mass is 622 g/mol. The van der Waals surface area contributed by atoms with Crippen molar-refractivity contribution >= 4 is 23.4 Å². The van der Waals surface area contributed by atoms with Crippen molar-refractivity contribution in [1.29, 1.82) is 0 Å². The van der Waals surface area contributed by atoms with Crippen molar-refractivity contribution in [3.63, 3.8) is 0 Å². The van der Waals surface area contributed by atoms with Crippen LogP contribution in [0, 0.1) is 11.7 Å². The first kappa shape index (κ1) is 31.5. The van der Waals surface area contributed by atoms with Crippen LogP contribution < -0.4 is 10.6 Å². The number of alkyl halides is 3. The van der Waals surface area contributed by atoms with Crippen molar-refractivity contribution in [3.8, 4) is 0 Å². The van der Waals surface area contributed by atoms with E-state index in [9.17, 15) is 31.9 Å². The van der Waals surface area contributed by atoms with E-state index in [4.69, 9.17) is 15.2 Å². The normalized spacial score (nSPS) is 20.2. The molecule has 45 heavy (non-hydrogen) atoms. The fourth-order valence-corrected chi connectivity index (χ4v) is 6.04. The highest BCUT2D eigenvalue weighted by Gasteiger charge is 2.51. The minimum Gasteiger partial charge on any atom is -0.465 e. The number of rotatable bonds is 7. The summed E-state index contributed by atoms with van der Waals surface area (Å²) in [5, 5.41) is 0. The molecule has 0 amide bonds. The smallest absolute Gasteiger partial charge is 0.416 e. The van der Waals surface area contributed by atoms with E-state index >= 15 is 0 Å². The van der Waals surface area contributed by atoms with Crippen molar-refractivity contribution in [3.05, 3.63) is 124 Å². The molecule has 3 aromatic carbocycles. The molecule has 5 rings (SSSR count). The number of allylic oxidation sites excluding steroid dienone is 2. The number of Topliss-reactive ketones (excluding diaryl/α,β-unsaturated/α-hetero) is 1. The molecule has 11 heteroatoms. The summed E-state index contributed by atoms with van der Waals surface area (Å²) in [6, 6.07) is 18.1. The second kappa shape index (κ2) is 12.6. The first-order chi connectivity index (χ1) is 21.5. The van der Waals surface area contributed by atoms with Gasteiger partial charge in [-0.1, -0.05) is 42.5 Å². The Kier molecular flexibility index (Phi) is 8.81. The average molecular weight is 623 g/mol. The second-order valence-electron chi connectivity index (χ2n) is 10.6. The van der Waals surface area contributed by atoms with Gasteiger partial charge in [0, 0.05) is 22.9 Å². The van der Waals surface area contributed by atoms with Gasteiger partial charge in [0.15, 0.2) is 5.78 Å². The molecular formula is C34H30F4N2O5. The number of esters is 2. The number of carbonyl (C=O) groups excluding carboxylic acids is 3. The molecule has 2 aliphatic rings. The molecule has 1 aliphatic carbocycles. The van der Waals surface area contributed by atoms with Gasteiger partial charge in [-0.05, 0) is 67.8 Å². The Hall–Kier alpha value is -4.93. The number of ketones is 1. The summed E-state index contributed by atoms with van der Waals surface area (Å²) >= 11 is 0. The Bertz CT molecular complexity index is 1670. The maximum absolute atomic E-state index is 14.7. The zero-order valence-corrected chi connectivity index (χ0v) is 24.4. The molecule has 3 atom stereocenters. The predicted molar refractivity (Wildman–Crippen MR) is 157 cm³/mol. The van der Waals surface area contributed by atoms with E-state index in [2.05, 4.69) is 0 Å². The maximum Gasteiger partial charge on any atom is 0.416 e. The number of hydrogen-bond donors (Lipinski definition) is 1. The topological polar surface area (TPSA) is 98.9 Å². The van der Waals surface area contributed by atoms with Crippen LogP contribution in [0.3, 0.4) is 0 Å². The minimum atomic E-state index is -4.61. The lowest BCUT2D eigenvalue weighted by molar-refractivity contribution is -0.152. The van der Waals surface area contributed by atoms with Crippen LogP contribution in [-0.2, 0) is 30.0 Å². The summed E-state index contributed by atoms with van der Waals surface area (Å²) in [7, 11) is 0. The number of nitrogens with zero attached hydrogens (tertiary/aromatic N) is 1. The standard InChI is InChI=1S/C34H30F4N2O5/c1-3-44-32(42)27-24(19-8-6-5-7-9-19)18-25-28(30(27)41)26(20-10-14-22(35)15-11-20)29(33(43)45-4-2)31(39)40(25)23-16-12-21(13-17-23)34(36,37)38/h5-17,24,26-27H,3-4,18,39H2,1-2H3/t24-,26-,27-/m1/s1. The third kappa shape index (κ3) is 5.94. The molecule has 0 radical (unpaired) electrons. The van der Waals surface area contributed by atoms with Crippen LogP contribution in [0.5, 0.6) is 0 Å². The lowest BCUT2D eigenvalue weighted by Crippen LogP contribution is -2.46. The van der Waals surface area contributed by atoms with Gasteiger partial charge in [-0.25, -0.2) is 9.18 Å². The molecule has 1 aliphatic heterocycles. The fourth-order valence-electron chi connectivity index (χ4n) is 6.04. The largest absolute Gasteiger partial charge is 0.465 e. The summed E-state index contributed by atoms with van der Waals surface area (Å²) in [5.74, 6) is -6.25. The Labute approximate surface area is 256 Å². The number of ether oxygens (including phenoxy) is 2. The van der Waals surface area contributed by atoms with Crippen molar-refractivity contribution in [2.75, 3.05) is 18.1 Å². The Morgan fingerprint density at radius 1 is 0.889 bits per heavy atom. The third-order valence-electron chi connectivity index (χ3n) is 7.96. The van der Waals surface area contributed by atoms with Gasteiger partial charge < -0.3 is 15.2 Å². The molecule has 7 nitrogen and oxygen atoms in total. The van der Waals surface area contributed by atoms with E-state index in [1.165, 1.54) is 41.3 Å². The Balaban J connectivity index is 1.81. The zero-order valence-electron chi connectivity index (χ0n) is 24.4. The summed E-state index contributed by atoms with van der Waals surface area (Å²) < 4.78 is 65.1. The Morgan fingerprint density at radius 2 is 1.51 bits per heavy atom. The maximum atomic E-state index is 14.7. The first-order valence-corrected chi connectivity index (χ1v) is 14.4. The summed E-state index contributed by atoms with van der Waals surface area (Å²) in [4.78, 5) is 43.1. The van der Waals surface area contributed by atoms with E-state index in [1.54, 1.807) is 44.2 Å². The van der Waals surface area contributed by atoms with Crippen LogP contribution in [0.4, 0.5) is 23.2 Å². The van der Waals surface area contributed by atoms with Crippen LogP contribution in [0.15, 0.2) is 102 Å². The van der Waals surface area contributed by atoms with Crippen molar-refractivity contribution in [1.82, 2.24) is 0 Å². The predicted octanol–water partition coefficient (Wildman–Crippen LogP) is 6.37. The summed E-state index contributed by atoms with van der Waals surface area (Å²) in [6.07, 6.45) is -4.58. The van der Waals surface area contributed by atoms with Crippen molar-refractivity contribution in [2.24, 2.45) is 11.7 Å². The van der Waals surface area contributed by atoms with E-state index < -0.39 is 53.0 Å². The highest BCUT2D eigenvalue weighted by molar-refractivity contribution is 6.14. The number of anilines is 1. The number of halogens is 4. The number of nitrogens with two attached hydrogens (primary N) is 1. The molecule has 0 fully saturated rings. The number of carbonyl (C=O) groups is 3. The molecule has 0 aromatic heterocycles. The number of benzene rings is 3. The van der Waals surface area contributed by atoms with E-state index in [0.717, 1.165) is 12.1 Å². The van der Waals surface area contributed by atoms with Crippen LogP contribution in [0.25, 0.3) is 0 Å². The zero-order chi connectivity index (χ0) is 32.5. The van der Waals surface area contributed by atoms with Gasteiger partial charge in [-0.3, -0.25) is 14.5 Å². The Morgan fingerprint density at radius 3 is 2.09 bits per heavy atom. The fraction of sp³-hybridized carbons (Fsp3) is 0.265.